The Labute approximate surface area is 210 Å². The van der Waals surface area contributed by atoms with Crippen LogP contribution in [0.2, 0.25) is 5.02 Å². The van der Waals surface area contributed by atoms with Crippen molar-refractivity contribution >= 4 is 17.5 Å². The van der Waals surface area contributed by atoms with Crippen LogP contribution >= 0.6 is 11.6 Å². The number of ether oxygens (including phenoxy) is 2. The van der Waals surface area contributed by atoms with Crippen molar-refractivity contribution in [1.82, 2.24) is 4.90 Å². The van der Waals surface area contributed by atoms with Crippen molar-refractivity contribution in [3.05, 3.63) is 64.2 Å². The van der Waals surface area contributed by atoms with Gasteiger partial charge in [0.15, 0.2) is 0 Å². The number of hydrogen-bond donors (Lipinski definition) is 4. The number of halogens is 1. The first-order valence-corrected chi connectivity index (χ1v) is 12.4. The lowest BCUT2D eigenvalue weighted by Crippen LogP contribution is -2.58. The third-order valence-electron chi connectivity index (χ3n) is 6.85. The molecule has 2 heterocycles. The van der Waals surface area contributed by atoms with Gasteiger partial charge in [0.1, 0.15) is 30.2 Å². The van der Waals surface area contributed by atoms with Crippen LogP contribution in [0.4, 0.5) is 0 Å². The van der Waals surface area contributed by atoms with E-state index < -0.39 is 42.5 Å². The summed E-state index contributed by atoms with van der Waals surface area (Å²) in [5, 5.41) is 32.5. The highest BCUT2D eigenvalue weighted by Gasteiger charge is 2.46. The van der Waals surface area contributed by atoms with Gasteiger partial charge in [0.25, 0.3) is 0 Å². The summed E-state index contributed by atoms with van der Waals surface area (Å²) in [5.74, 6) is 0.381. The molecular weight excluding hydrogens is 472 g/mol. The Bertz CT molecular complexity index is 1020. The van der Waals surface area contributed by atoms with E-state index in [0.29, 0.717) is 36.6 Å². The number of aliphatic hydroxyl groups excluding tert-OH is 3. The van der Waals surface area contributed by atoms with Gasteiger partial charge in [-0.25, -0.2) is 0 Å². The standard InChI is InChI=1S/C26H33ClN2O6/c1-2-34-18-8-5-15(6-9-18)12-17-13-16(7-10-19(17)27)25-24(32)23(31)22(30)21(35-25)14-29-11-3-4-20(29)26(28)33/h5-10,13,20-25,30-32H,2-4,11-12,14H2,1H3,(H2,28,33)/t20-,21-,22+,23-,24-,25+/m1/s1. The molecule has 4 rings (SSSR count). The summed E-state index contributed by atoms with van der Waals surface area (Å²) in [7, 11) is 0. The molecule has 2 aliphatic heterocycles. The molecule has 0 aromatic heterocycles. The maximum atomic E-state index is 11.8. The maximum absolute atomic E-state index is 11.8. The van der Waals surface area contributed by atoms with Crippen molar-refractivity contribution in [1.29, 1.82) is 0 Å². The van der Waals surface area contributed by atoms with Gasteiger partial charge in [0, 0.05) is 11.6 Å². The highest BCUT2D eigenvalue weighted by atomic mass is 35.5. The largest absolute Gasteiger partial charge is 0.494 e. The van der Waals surface area contributed by atoms with Crippen molar-refractivity contribution < 1.29 is 29.6 Å². The number of rotatable bonds is 8. The zero-order valence-corrected chi connectivity index (χ0v) is 20.5. The Kier molecular flexibility index (Phi) is 8.31. The molecule has 9 heteroatoms. The first kappa shape index (κ1) is 25.9. The van der Waals surface area contributed by atoms with Crippen LogP contribution in [0.3, 0.4) is 0 Å². The highest BCUT2D eigenvalue weighted by Crippen LogP contribution is 2.35. The molecule has 5 N–H and O–H groups in total. The average molecular weight is 505 g/mol. The minimum Gasteiger partial charge on any atom is -0.494 e. The van der Waals surface area contributed by atoms with Crippen LogP contribution in [-0.2, 0) is 16.0 Å². The number of amides is 1. The fraction of sp³-hybridized carbons (Fsp3) is 0.500. The number of likely N-dealkylation sites (tertiary alicyclic amines) is 1. The fourth-order valence-electron chi connectivity index (χ4n) is 4.97. The molecule has 0 bridgehead atoms. The number of nitrogens with two attached hydrogens (primary N) is 1. The number of hydrogen-bond acceptors (Lipinski definition) is 7. The Morgan fingerprint density at radius 3 is 2.57 bits per heavy atom. The molecule has 6 atom stereocenters. The summed E-state index contributed by atoms with van der Waals surface area (Å²) in [4.78, 5) is 13.6. The van der Waals surface area contributed by atoms with E-state index in [4.69, 9.17) is 26.8 Å². The van der Waals surface area contributed by atoms with Gasteiger partial charge in [0.2, 0.25) is 5.91 Å². The SMILES string of the molecule is CCOc1ccc(Cc2cc([C@@H]3O[C@H](CN4CCC[C@@H]4C(N)=O)[C@H](O)[C@@H](O)[C@H]3O)ccc2Cl)cc1. The molecule has 8 nitrogen and oxygen atoms in total. The van der Waals surface area contributed by atoms with Gasteiger partial charge in [-0.2, -0.15) is 0 Å². The van der Waals surface area contributed by atoms with Gasteiger partial charge in [-0.1, -0.05) is 35.9 Å². The normalized spacial score (nSPS) is 29.3. The first-order valence-electron chi connectivity index (χ1n) is 12.0. The lowest BCUT2D eigenvalue weighted by atomic mass is 9.89. The molecule has 2 aliphatic rings. The smallest absolute Gasteiger partial charge is 0.234 e. The topological polar surface area (TPSA) is 125 Å². The van der Waals surface area contributed by atoms with Crippen LogP contribution < -0.4 is 10.5 Å². The van der Waals surface area contributed by atoms with Crippen molar-refractivity contribution in [2.45, 2.75) is 62.7 Å². The molecule has 0 aliphatic carbocycles. The van der Waals surface area contributed by atoms with Gasteiger partial charge < -0.3 is 30.5 Å². The number of carbonyl (C=O) groups excluding carboxylic acids is 1. The van der Waals surface area contributed by atoms with Crippen molar-refractivity contribution in [2.24, 2.45) is 5.73 Å². The van der Waals surface area contributed by atoms with E-state index in [9.17, 15) is 20.1 Å². The molecule has 0 spiro atoms. The van der Waals surface area contributed by atoms with E-state index in [2.05, 4.69) is 0 Å². The third-order valence-corrected chi connectivity index (χ3v) is 7.21. The van der Waals surface area contributed by atoms with Gasteiger partial charge >= 0.3 is 0 Å². The molecule has 0 unspecified atom stereocenters. The Morgan fingerprint density at radius 2 is 1.89 bits per heavy atom. The maximum Gasteiger partial charge on any atom is 0.234 e. The predicted molar refractivity (Wildman–Crippen MR) is 131 cm³/mol. The number of benzene rings is 2. The van der Waals surface area contributed by atoms with Gasteiger partial charge in [-0.05, 0) is 67.6 Å². The first-order chi connectivity index (χ1) is 16.8. The molecular formula is C26H33ClN2O6. The van der Waals surface area contributed by atoms with E-state index in [1.165, 1.54) is 0 Å². The monoisotopic (exact) mass is 504 g/mol. The minimum atomic E-state index is -1.40. The van der Waals surface area contributed by atoms with E-state index in [1.54, 1.807) is 12.1 Å². The molecule has 190 valence electrons. The van der Waals surface area contributed by atoms with Crippen LogP contribution in [-0.4, -0.2) is 76.3 Å². The van der Waals surface area contributed by atoms with Gasteiger partial charge in [0.05, 0.1) is 18.8 Å². The summed E-state index contributed by atoms with van der Waals surface area (Å²) in [5.41, 5.74) is 8.05. The van der Waals surface area contributed by atoms with E-state index >= 15 is 0 Å². The average Bonchev–Trinajstić information content (AvgIpc) is 3.31. The molecule has 1 amide bonds. The number of nitrogens with zero attached hydrogens (tertiary/aromatic N) is 1. The van der Waals surface area contributed by atoms with E-state index in [1.807, 2.05) is 42.2 Å². The van der Waals surface area contributed by atoms with Crippen molar-refractivity contribution in [2.75, 3.05) is 19.7 Å². The van der Waals surface area contributed by atoms with Gasteiger partial charge in [-0.3, -0.25) is 9.69 Å². The van der Waals surface area contributed by atoms with Crippen LogP contribution in [0.15, 0.2) is 42.5 Å². The molecule has 2 saturated heterocycles. The van der Waals surface area contributed by atoms with Crippen LogP contribution in [0.1, 0.15) is 42.6 Å². The second-order valence-corrected chi connectivity index (χ2v) is 9.63. The zero-order chi connectivity index (χ0) is 25.1. The quantitative estimate of drug-likeness (QED) is 0.432. The molecule has 35 heavy (non-hydrogen) atoms. The Morgan fingerprint density at radius 1 is 1.14 bits per heavy atom. The molecule has 2 aromatic rings. The van der Waals surface area contributed by atoms with Crippen LogP contribution in [0.5, 0.6) is 5.75 Å². The summed E-state index contributed by atoms with van der Waals surface area (Å²) in [6, 6.07) is 12.7. The summed E-state index contributed by atoms with van der Waals surface area (Å²) in [6.07, 6.45) is -3.68. The summed E-state index contributed by atoms with van der Waals surface area (Å²) >= 11 is 6.47. The molecule has 0 radical (unpaired) electrons. The molecule has 2 aromatic carbocycles. The lowest BCUT2D eigenvalue weighted by molar-refractivity contribution is -0.228. The van der Waals surface area contributed by atoms with E-state index in [0.717, 1.165) is 23.3 Å². The second kappa shape index (κ2) is 11.2. The fourth-order valence-corrected chi connectivity index (χ4v) is 5.16. The van der Waals surface area contributed by atoms with Crippen LogP contribution in [0, 0.1) is 0 Å². The molecule has 2 fully saturated rings. The third kappa shape index (κ3) is 5.80. The van der Waals surface area contributed by atoms with Gasteiger partial charge in [-0.15, -0.1) is 0 Å². The zero-order valence-electron chi connectivity index (χ0n) is 19.7. The van der Waals surface area contributed by atoms with Crippen molar-refractivity contribution in [3.63, 3.8) is 0 Å². The number of primary amides is 1. The number of aliphatic hydroxyl groups is 3. The summed E-state index contributed by atoms with van der Waals surface area (Å²) < 4.78 is 11.6. The van der Waals surface area contributed by atoms with E-state index in [-0.39, 0.29) is 6.54 Å². The van der Waals surface area contributed by atoms with Crippen molar-refractivity contribution in [3.8, 4) is 5.75 Å². The molecule has 0 saturated carbocycles. The Hall–Kier alpha value is -2.20. The predicted octanol–water partition coefficient (Wildman–Crippen LogP) is 1.80. The number of carbonyl (C=O) groups is 1. The lowest BCUT2D eigenvalue weighted by Gasteiger charge is -2.42. The minimum absolute atomic E-state index is 0.224. The highest BCUT2D eigenvalue weighted by molar-refractivity contribution is 6.31. The second-order valence-electron chi connectivity index (χ2n) is 9.23. The van der Waals surface area contributed by atoms with Crippen LogP contribution in [0.25, 0.3) is 0 Å². The Balaban J connectivity index is 1.53. The summed E-state index contributed by atoms with van der Waals surface area (Å²) in [6.45, 7) is 3.40.